The van der Waals surface area contributed by atoms with Crippen LogP contribution < -0.4 is 0 Å². The number of rotatable bonds is 0. The van der Waals surface area contributed by atoms with Crippen molar-refractivity contribution >= 4 is 21.6 Å². The van der Waals surface area contributed by atoms with Gasteiger partial charge in [-0.15, -0.1) is 0 Å². The average Bonchev–Trinajstić information content (AvgIpc) is 1.79. The van der Waals surface area contributed by atoms with Crippen molar-refractivity contribution in [1.82, 2.24) is 0 Å². The fraction of sp³-hybridized carbons (Fsp3) is 1.00. The molecule has 1 nitrogen and oxygen atoms in total. The highest BCUT2D eigenvalue weighted by molar-refractivity contribution is 8.76. The van der Waals surface area contributed by atoms with E-state index in [0.29, 0.717) is 0 Å². The second kappa shape index (κ2) is 4.47. The second-order valence-electron chi connectivity index (χ2n) is 2.22. The Morgan fingerprint density at radius 3 is 3.00 bits per heavy atom. The molecule has 0 aliphatic carbocycles. The maximum Gasteiger partial charge on any atom is 0.109 e. The largest absolute Gasteiger partial charge is 0.382 e. The Hall–Kier alpha value is 0.660. The summed E-state index contributed by atoms with van der Waals surface area (Å²) in [7, 11) is 3.43. The van der Waals surface area contributed by atoms with Crippen LogP contribution in [-0.4, -0.2) is 16.3 Å². The van der Waals surface area contributed by atoms with Gasteiger partial charge in [-0.1, -0.05) is 28.0 Å². The molecule has 1 fully saturated rings. The molecule has 1 aliphatic rings. The molecule has 0 spiro atoms. The predicted molar refractivity (Wildman–Crippen MR) is 44.5 cm³/mol. The van der Waals surface area contributed by atoms with Crippen molar-refractivity contribution in [1.29, 1.82) is 0 Å². The van der Waals surface area contributed by atoms with Gasteiger partial charge in [-0.2, -0.15) is 0 Å². The molecular formula is C6H12OS2. The van der Waals surface area contributed by atoms with Crippen molar-refractivity contribution in [3.05, 3.63) is 0 Å². The first-order chi connectivity index (χ1) is 4.39. The van der Waals surface area contributed by atoms with E-state index in [9.17, 15) is 0 Å². The summed E-state index contributed by atoms with van der Waals surface area (Å²) in [6, 6.07) is 0. The van der Waals surface area contributed by atoms with E-state index in [1.807, 2.05) is 0 Å². The van der Waals surface area contributed by atoms with Crippen molar-refractivity contribution < 1.29 is 5.11 Å². The maximum absolute atomic E-state index is 9.16. The summed E-state index contributed by atoms with van der Waals surface area (Å²) in [5, 5.41) is 9.16. The van der Waals surface area contributed by atoms with Gasteiger partial charge in [0.25, 0.3) is 0 Å². The number of aliphatic hydroxyl groups is 1. The lowest BCUT2D eigenvalue weighted by molar-refractivity contribution is 0.249. The molecule has 3 heteroatoms. The van der Waals surface area contributed by atoms with Gasteiger partial charge >= 0.3 is 0 Å². The minimum Gasteiger partial charge on any atom is -0.382 e. The molecule has 9 heavy (non-hydrogen) atoms. The zero-order valence-electron chi connectivity index (χ0n) is 5.38. The van der Waals surface area contributed by atoms with Gasteiger partial charge in [0.05, 0.1) is 0 Å². The average molecular weight is 164 g/mol. The van der Waals surface area contributed by atoms with Crippen LogP contribution in [0.1, 0.15) is 25.7 Å². The van der Waals surface area contributed by atoms with E-state index in [4.69, 9.17) is 5.11 Å². The van der Waals surface area contributed by atoms with Crippen LogP contribution in [0.2, 0.25) is 0 Å². The topological polar surface area (TPSA) is 20.2 Å². The molecule has 1 aliphatic heterocycles. The van der Waals surface area contributed by atoms with Gasteiger partial charge < -0.3 is 5.11 Å². The van der Waals surface area contributed by atoms with E-state index in [1.54, 1.807) is 21.6 Å². The molecule has 0 radical (unpaired) electrons. The van der Waals surface area contributed by atoms with E-state index in [2.05, 4.69) is 0 Å². The third kappa shape index (κ3) is 3.38. The van der Waals surface area contributed by atoms with Crippen LogP contribution in [0.25, 0.3) is 0 Å². The van der Waals surface area contributed by atoms with E-state index < -0.39 is 0 Å². The fourth-order valence-electron chi connectivity index (χ4n) is 0.831. The predicted octanol–water partition coefficient (Wildman–Crippen LogP) is 2.26. The van der Waals surface area contributed by atoms with Crippen LogP contribution in [0.4, 0.5) is 0 Å². The van der Waals surface area contributed by atoms with Crippen molar-refractivity contribution in [3.63, 3.8) is 0 Å². The Balaban J connectivity index is 2.12. The molecule has 54 valence electrons. The second-order valence-corrected chi connectivity index (χ2v) is 4.89. The molecular weight excluding hydrogens is 152 g/mol. The first-order valence-corrected chi connectivity index (χ1v) is 5.74. The molecule has 0 amide bonds. The summed E-state index contributed by atoms with van der Waals surface area (Å²) in [5.41, 5.74) is -0.102. The molecule has 1 rings (SSSR count). The van der Waals surface area contributed by atoms with E-state index in [1.165, 1.54) is 25.0 Å². The smallest absolute Gasteiger partial charge is 0.109 e. The minimum absolute atomic E-state index is 0.102. The Morgan fingerprint density at radius 1 is 1.22 bits per heavy atom. The van der Waals surface area contributed by atoms with Gasteiger partial charge in [0.15, 0.2) is 0 Å². The molecule has 1 N–H and O–H groups in total. The van der Waals surface area contributed by atoms with Crippen molar-refractivity contribution in [2.45, 2.75) is 31.1 Å². The fourth-order valence-corrected chi connectivity index (χ4v) is 3.07. The lowest BCUT2D eigenvalue weighted by Gasteiger charge is -2.12. The minimum atomic E-state index is -0.102. The highest BCUT2D eigenvalue weighted by Crippen LogP contribution is 2.31. The lowest BCUT2D eigenvalue weighted by atomic mass is 10.2. The maximum atomic E-state index is 9.16. The summed E-state index contributed by atoms with van der Waals surface area (Å²) in [6.45, 7) is 0. The van der Waals surface area contributed by atoms with Crippen LogP contribution in [0.3, 0.4) is 0 Å². The van der Waals surface area contributed by atoms with Gasteiger partial charge in [0.1, 0.15) is 5.44 Å². The molecule has 0 saturated carbocycles. The number of aliphatic hydroxyl groups excluding tert-OH is 1. The van der Waals surface area contributed by atoms with Gasteiger partial charge in [0, 0.05) is 5.75 Å². The Labute approximate surface area is 64.0 Å². The normalized spacial score (nSPS) is 31.0. The lowest BCUT2D eigenvalue weighted by Crippen LogP contribution is -2.00. The summed E-state index contributed by atoms with van der Waals surface area (Å²) < 4.78 is 0. The zero-order valence-corrected chi connectivity index (χ0v) is 7.01. The Kier molecular flexibility index (Phi) is 3.86. The van der Waals surface area contributed by atoms with Crippen molar-refractivity contribution in [3.8, 4) is 0 Å². The molecule has 0 aromatic carbocycles. The standard InChI is InChI=1S/C6H12OS2/c7-6-4-2-1-3-5-8-9-6/h6-7H,1-5H2. The first kappa shape index (κ1) is 7.76. The molecule has 0 aromatic rings. The molecule has 0 aromatic heterocycles. The highest BCUT2D eigenvalue weighted by Gasteiger charge is 2.07. The molecule has 0 bridgehead atoms. The molecule has 1 unspecified atom stereocenters. The number of hydrogen-bond acceptors (Lipinski definition) is 3. The Morgan fingerprint density at radius 2 is 2.11 bits per heavy atom. The monoisotopic (exact) mass is 164 g/mol. The van der Waals surface area contributed by atoms with Gasteiger partial charge in [-0.25, -0.2) is 0 Å². The van der Waals surface area contributed by atoms with Crippen LogP contribution in [-0.2, 0) is 0 Å². The summed E-state index contributed by atoms with van der Waals surface area (Å²) in [4.78, 5) is 0. The van der Waals surface area contributed by atoms with Crippen LogP contribution in [0.5, 0.6) is 0 Å². The van der Waals surface area contributed by atoms with E-state index in [0.717, 1.165) is 6.42 Å². The Bertz CT molecular complexity index is 69.5. The third-order valence-electron chi connectivity index (χ3n) is 1.36. The summed E-state index contributed by atoms with van der Waals surface area (Å²) >= 11 is 0. The third-order valence-corrected chi connectivity index (χ3v) is 3.98. The van der Waals surface area contributed by atoms with Crippen LogP contribution >= 0.6 is 21.6 Å². The van der Waals surface area contributed by atoms with Gasteiger partial charge in [0.2, 0.25) is 0 Å². The van der Waals surface area contributed by atoms with Crippen LogP contribution in [0.15, 0.2) is 0 Å². The van der Waals surface area contributed by atoms with E-state index >= 15 is 0 Å². The molecule has 1 atom stereocenters. The summed E-state index contributed by atoms with van der Waals surface area (Å²) in [5.74, 6) is 1.21. The van der Waals surface area contributed by atoms with Gasteiger partial charge in [-0.3, -0.25) is 0 Å². The zero-order chi connectivity index (χ0) is 6.53. The van der Waals surface area contributed by atoms with Crippen molar-refractivity contribution in [2.24, 2.45) is 0 Å². The summed E-state index contributed by atoms with van der Waals surface area (Å²) in [6.07, 6.45) is 4.81. The van der Waals surface area contributed by atoms with E-state index in [-0.39, 0.29) is 5.44 Å². The molecule has 1 heterocycles. The quantitative estimate of drug-likeness (QED) is 0.555. The van der Waals surface area contributed by atoms with Gasteiger partial charge in [-0.05, 0) is 19.3 Å². The first-order valence-electron chi connectivity index (χ1n) is 3.36. The number of hydrogen-bond donors (Lipinski definition) is 1. The SMILES string of the molecule is OC1CCCCCSS1. The van der Waals surface area contributed by atoms with Crippen molar-refractivity contribution in [2.75, 3.05) is 5.75 Å². The van der Waals surface area contributed by atoms with Crippen LogP contribution in [0, 0.1) is 0 Å². The highest BCUT2D eigenvalue weighted by atomic mass is 33.1. The molecule has 1 saturated heterocycles.